The third-order valence-corrected chi connectivity index (χ3v) is 6.08. The van der Waals surface area contributed by atoms with Crippen molar-refractivity contribution >= 4 is 39.2 Å². The van der Waals surface area contributed by atoms with E-state index in [9.17, 15) is 9.18 Å². The summed E-state index contributed by atoms with van der Waals surface area (Å²) in [5.74, 6) is 0.289. The molecule has 0 aliphatic heterocycles. The van der Waals surface area contributed by atoms with E-state index in [0.29, 0.717) is 39.3 Å². The molecule has 0 aliphatic carbocycles. The highest BCUT2D eigenvalue weighted by atomic mass is 32.1. The molecule has 2 aromatic carbocycles. The molecule has 0 amide bonds. The Morgan fingerprint density at radius 2 is 1.85 bits per heavy atom. The van der Waals surface area contributed by atoms with Gasteiger partial charge in [0.05, 0.1) is 28.6 Å². The maximum absolute atomic E-state index is 13.2. The van der Waals surface area contributed by atoms with Crippen molar-refractivity contribution in [3.63, 3.8) is 0 Å². The third-order valence-electron chi connectivity index (χ3n) is 5.03. The number of anilines is 2. The number of ether oxygens (including phenoxy) is 1. The molecule has 9 heteroatoms. The second kappa shape index (κ2) is 8.44. The number of fused-ring (bicyclic) bond motifs is 1. The van der Waals surface area contributed by atoms with Crippen LogP contribution in [0.5, 0.6) is 0 Å². The summed E-state index contributed by atoms with van der Waals surface area (Å²) >= 11 is 1.45. The Balaban J connectivity index is 1.54. The number of rotatable bonds is 5. The molecule has 0 fully saturated rings. The van der Waals surface area contributed by atoms with E-state index < -0.39 is 5.97 Å². The minimum Gasteiger partial charge on any atom is -0.465 e. The fourth-order valence-electron chi connectivity index (χ4n) is 3.45. The molecule has 5 rings (SSSR count). The van der Waals surface area contributed by atoms with Crippen LogP contribution in [0.1, 0.15) is 16.1 Å². The second-order valence-electron chi connectivity index (χ2n) is 7.15. The molecular formula is C24H17FN4O3S. The van der Waals surface area contributed by atoms with Crippen molar-refractivity contribution in [2.45, 2.75) is 6.92 Å². The Bertz CT molecular complexity index is 1430. The van der Waals surface area contributed by atoms with Gasteiger partial charge < -0.3 is 14.5 Å². The quantitative estimate of drug-likeness (QED) is 0.322. The molecule has 0 aliphatic rings. The average Bonchev–Trinajstić information content (AvgIpc) is 3.40. The lowest BCUT2D eigenvalue weighted by atomic mass is 10.1. The Morgan fingerprint density at radius 3 is 2.55 bits per heavy atom. The highest BCUT2D eigenvalue weighted by molar-refractivity contribution is 7.21. The van der Waals surface area contributed by atoms with Crippen molar-refractivity contribution in [2.24, 2.45) is 0 Å². The van der Waals surface area contributed by atoms with Gasteiger partial charge in [0.15, 0.2) is 5.82 Å². The number of furan rings is 1. The summed E-state index contributed by atoms with van der Waals surface area (Å²) in [6.45, 7) is 1.69. The highest BCUT2D eigenvalue weighted by Gasteiger charge is 2.28. The Morgan fingerprint density at radius 1 is 1.06 bits per heavy atom. The summed E-state index contributed by atoms with van der Waals surface area (Å²) < 4.78 is 25.0. The standard InChI is InChI=1S/C24H17FN4O3S/c1-13-20(24(30)31-2)21(23-26-17-5-3-4-6-18(17)33-23)22(32-13)27-19-12-11-16(28-29-19)14-7-9-15(25)10-8-14/h3-12H,1-2H3,(H,27,29). The van der Waals surface area contributed by atoms with E-state index in [1.807, 2.05) is 24.3 Å². The third kappa shape index (κ3) is 3.94. The Kier molecular flexibility index (Phi) is 5.31. The molecule has 3 aromatic heterocycles. The van der Waals surface area contributed by atoms with Gasteiger partial charge in [0.1, 0.15) is 22.1 Å². The van der Waals surface area contributed by atoms with Crippen LogP contribution in [-0.2, 0) is 4.74 Å². The van der Waals surface area contributed by atoms with Gasteiger partial charge in [0.25, 0.3) is 0 Å². The normalized spacial score (nSPS) is 11.0. The zero-order valence-electron chi connectivity index (χ0n) is 17.6. The Labute approximate surface area is 191 Å². The molecule has 0 spiro atoms. The number of hydrogen-bond donors (Lipinski definition) is 1. The lowest BCUT2D eigenvalue weighted by molar-refractivity contribution is 0.0599. The van der Waals surface area contributed by atoms with Crippen LogP contribution >= 0.6 is 11.3 Å². The van der Waals surface area contributed by atoms with Crippen molar-refractivity contribution in [1.82, 2.24) is 15.2 Å². The smallest absolute Gasteiger partial charge is 0.342 e. The van der Waals surface area contributed by atoms with E-state index in [4.69, 9.17) is 9.15 Å². The zero-order chi connectivity index (χ0) is 22.9. The molecule has 7 nitrogen and oxygen atoms in total. The van der Waals surface area contributed by atoms with Crippen LogP contribution in [0.4, 0.5) is 16.1 Å². The first-order valence-corrected chi connectivity index (χ1v) is 10.8. The number of halogens is 1. The maximum atomic E-state index is 13.2. The van der Waals surface area contributed by atoms with E-state index in [1.54, 1.807) is 31.2 Å². The monoisotopic (exact) mass is 460 g/mol. The van der Waals surface area contributed by atoms with Crippen molar-refractivity contribution < 1.29 is 18.3 Å². The minimum atomic E-state index is -0.517. The van der Waals surface area contributed by atoms with Gasteiger partial charge in [0, 0.05) is 5.56 Å². The second-order valence-corrected chi connectivity index (χ2v) is 8.18. The molecule has 0 saturated heterocycles. The van der Waals surface area contributed by atoms with Crippen molar-refractivity contribution in [3.05, 3.63) is 77.8 Å². The topological polar surface area (TPSA) is 90.1 Å². The number of methoxy groups -OCH3 is 1. The van der Waals surface area contributed by atoms with Gasteiger partial charge in [0.2, 0.25) is 5.88 Å². The van der Waals surface area contributed by atoms with Gasteiger partial charge >= 0.3 is 5.97 Å². The Hall–Kier alpha value is -4.11. The number of para-hydroxylation sites is 1. The summed E-state index contributed by atoms with van der Waals surface area (Å²) in [6.07, 6.45) is 0. The summed E-state index contributed by atoms with van der Waals surface area (Å²) in [7, 11) is 1.32. The average molecular weight is 460 g/mol. The van der Waals surface area contributed by atoms with Gasteiger partial charge in [-0.2, -0.15) is 0 Å². The number of carbonyl (C=O) groups excluding carboxylic acids is 1. The molecule has 0 unspecified atom stereocenters. The molecule has 164 valence electrons. The van der Waals surface area contributed by atoms with Crippen LogP contribution in [0.2, 0.25) is 0 Å². The number of carbonyl (C=O) groups is 1. The van der Waals surface area contributed by atoms with Gasteiger partial charge in [-0.3, -0.25) is 0 Å². The van der Waals surface area contributed by atoms with Gasteiger partial charge in [-0.05, 0) is 55.5 Å². The van der Waals surface area contributed by atoms with Gasteiger partial charge in [-0.25, -0.2) is 14.2 Å². The first-order chi connectivity index (χ1) is 16.0. The molecule has 0 radical (unpaired) electrons. The summed E-state index contributed by atoms with van der Waals surface area (Å²) in [5, 5.41) is 12.1. The van der Waals surface area contributed by atoms with Crippen LogP contribution < -0.4 is 5.32 Å². The van der Waals surface area contributed by atoms with Crippen LogP contribution in [0.25, 0.3) is 32.0 Å². The first kappa shape index (κ1) is 20.8. The van der Waals surface area contributed by atoms with E-state index in [0.717, 1.165) is 15.8 Å². The van der Waals surface area contributed by atoms with Crippen molar-refractivity contribution in [3.8, 4) is 21.8 Å². The van der Waals surface area contributed by atoms with Crippen LogP contribution in [0.3, 0.4) is 0 Å². The molecule has 5 aromatic rings. The SMILES string of the molecule is COC(=O)c1c(C)oc(Nc2ccc(-c3ccc(F)cc3)nn2)c1-c1nc2ccccc2s1. The van der Waals surface area contributed by atoms with Crippen molar-refractivity contribution in [2.75, 3.05) is 12.4 Å². The van der Waals surface area contributed by atoms with E-state index in [1.165, 1.54) is 30.6 Å². The number of nitrogens with one attached hydrogen (secondary N) is 1. The number of hydrogen-bond acceptors (Lipinski definition) is 8. The molecule has 33 heavy (non-hydrogen) atoms. The van der Waals surface area contributed by atoms with Crippen LogP contribution in [0, 0.1) is 12.7 Å². The summed E-state index contributed by atoms with van der Waals surface area (Å²) in [4.78, 5) is 17.2. The molecule has 3 heterocycles. The minimum absolute atomic E-state index is 0.301. The van der Waals surface area contributed by atoms with E-state index >= 15 is 0 Å². The van der Waals surface area contributed by atoms with E-state index in [-0.39, 0.29) is 5.82 Å². The predicted molar refractivity (Wildman–Crippen MR) is 124 cm³/mol. The fraction of sp³-hybridized carbons (Fsp3) is 0.0833. The predicted octanol–water partition coefficient (Wildman–Crippen LogP) is 5.99. The first-order valence-electron chi connectivity index (χ1n) is 9.98. The molecular weight excluding hydrogens is 443 g/mol. The van der Waals surface area contributed by atoms with Gasteiger partial charge in [-0.15, -0.1) is 21.5 Å². The highest BCUT2D eigenvalue weighted by Crippen LogP contribution is 2.41. The lowest BCUT2D eigenvalue weighted by Crippen LogP contribution is -2.04. The van der Waals surface area contributed by atoms with Crippen LogP contribution in [0.15, 0.2) is 65.1 Å². The largest absolute Gasteiger partial charge is 0.465 e. The van der Waals surface area contributed by atoms with E-state index in [2.05, 4.69) is 20.5 Å². The maximum Gasteiger partial charge on any atom is 0.342 e. The number of esters is 1. The summed E-state index contributed by atoms with van der Waals surface area (Å²) in [5.41, 5.74) is 2.96. The number of aromatic nitrogens is 3. The number of nitrogens with zero attached hydrogens (tertiary/aromatic N) is 3. The number of aryl methyl sites for hydroxylation is 1. The molecule has 0 saturated carbocycles. The fourth-order valence-corrected chi connectivity index (χ4v) is 4.47. The summed E-state index contributed by atoms with van der Waals surface area (Å²) in [6, 6.07) is 17.2. The number of thiazole rings is 1. The van der Waals surface area contributed by atoms with Crippen molar-refractivity contribution in [1.29, 1.82) is 0 Å². The van der Waals surface area contributed by atoms with Crippen LogP contribution in [-0.4, -0.2) is 28.3 Å². The molecule has 0 bridgehead atoms. The zero-order valence-corrected chi connectivity index (χ0v) is 18.4. The molecule has 0 atom stereocenters. The number of benzene rings is 2. The van der Waals surface area contributed by atoms with Gasteiger partial charge in [-0.1, -0.05) is 12.1 Å². The lowest BCUT2D eigenvalue weighted by Gasteiger charge is -2.06. The molecule has 1 N–H and O–H groups in total.